The fourth-order valence-electron chi connectivity index (χ4n) is 3.23. The Kier molecular flexibility index (Phi) is 5.18. The lowest BCUT2D eigenvalue weighted by Gasteiger charge is -2.09. The average molecular weight is 404 g/mol. The van der Waals surface area contributed by atoms with Gasteiger partial charge < -0.3 is 10.1 Å². The molecule has 1 amide bonds. The number of hydrogen-bond donors (Lipinski definition) is 2. The topological polar surface area (TPSA) is 79.9 Å². The van der Waals surface area contributed by atoms with Crippen LogP contribution in [0.25, 0.3) is 22.0 Å². The lowest BCUT2D eigenvalue weighted by molar-refractivity contribution is 0.102. The van der Waals surface area contributed by atoms with Gasteiger partial charge in [0, 0.05) is 11.5 Å². The molecule has 0 unspecified atom stereocenters. The molecule has 2 aromatic carbocycles. The molecule has 0 aliphatic rings. The zero-order valence-electron chi connectivity index (χ0n) is 16.9. The Hall–Kier alpha value is -3.74. The number of benzene rings is 2. The van der Waals surface area contributed by atoms with Crippen molar-refractivity contribution in [3.63, 3.8) is 0 Å². The lowest BCUT2D eigenvalue weighted by atomic mass is 9.98. The highest BCUT2D eigenvalue weighted by Gasteiger charge is 2.16. The molecule has 0 radical (unpaired) electrons. The first-order chi connectivity index (χ1) is 14.4. The van der Waals surface area contributed by atoms with E-state index in [1.54, 1.807) is 25.1 Å². The van der Waals surface area contributed by atoms with Gasteiger partial charge in [-0.2, -0.15) is 5.10 Å². The molecule has 0 aliphatic heterocycles. The van der Waals surface area contributed by atoms with Gasteiger partial charge in [0.2, 0.25) is 5.88 Å². The van der Waals surface area contributed by atoms with Crippen LogP contribution in [0.4, 0.5) is 10.1 Å². The van der Waals surface area contributed by atoms with Gasteiger partial charge in [-0.15, -0.1) is 0 Å². The minimum Gasteiger partial charge on any atom is -0.475 e. The number of nitrogens with one attached hydrogen (secondary N) is 2. The summed E-state index contributed by atoms with van der Waals surface area (Å²) < 4.78 is 19.5. The number of pyridine rings is 1. The minimum atomic E-state index is -0.367. The number of carbonyl (C=O) groups excluding carboxylic acids is 1. The van der Waals surface area contributed by atoms with E-state index in [4.69, 9.17) is 4.74 Å². The first kappa shape index (κ1) is 19.6. The van der Waals surface area contributed by atoms with Gasteiger partial charge in [-0.05, 0) is 61.7 Å². The van der Waals surface area contributed by atoms with E-state index in [9.17, 15) is 9.18 Å². The smallest absolute Gasteiger partial charge is 0.276 e. The van der Waals surface area contributed by atoms with E-state index in [1.165, 1.54) is 12.3 Å². The van der Waals surface area contributed by atoms with E-state index in [2.05, 4.69) is 20.5 Å². The Bertz CT molecular complexity index is 1220. The number of fused-ring (bicyclic) bond motifs is 1. The van der Waals surface area contributed by atoms with Crippen LogP contribution in [-0.4, -0.2) is 27.2 Å². The van der Waals surface area contributed by atoms with Crippen molar-refractivity contribution in [1.82, 2.24) is 15.2 Å². The van der Waals surface area contributed by atoms with Crippen LogP contribution in [0.2, 0.25) is 0 Å². The third-order valence-corrected chi connectivity index (χ3v) is 4.71. The summed E-state index contributed by atoms with van der Waals surface area (Å²) in [5.74, 6) is -0.146. The van der Waals surface area contributed by atoms with Crippen LogP contribution < -0.4 is 10.1 Å². The van der Waals surface area contributed by atoms with Crippen LogP contribution in [0.5, 0.6) is 5.88 Å². The van der Waals surface area contributed by atoms with Crippen LogP contribution >= 0.6 is 0 Å². The largest absolute Gasteiger partial charge is 0.475 e. The number of rotatable bonds is 5. The second kappa shape index (κ2) is 7.94. The molecular formula is C23H21FN4O2. The Morgan fingerprint density at radius 3 is 2.73 bits per heavy atom. The number of aromatic amines is 1. The summed E-state index contributed by atoms with van der Waals surface area (Å²) in [6.45, 7) is 5.57. The van der Waals surface area contributed by atoms with E-state index in [0.29, 0.717) is 22.5 Å². The van der Waals surface area contributed by atoms with Gasteiger partial charge in [0.1, 0.15) is 5.82 Å². The maximum atomic E-state index is 14.0. The maximum Gasteiger partial charge on any atom is 0.276 e. The van der Waals surface area contributed by atoms with E-state index >= 15 is 0 Å². The van der Waals surface area contributed by atoms with Crippen LogP contribution in [0, 0.1) is 12.7 Å². The summed E-state index contributed by atoms with van der Waals surface area (Å²) in [4.78, 5) is 17.0. The summed E-state index contributed by atoms with van der Waals surface area (Å²) in [5, 5.41) is 10.5. The third-order valence-electron chi connectivity index (χ3n) is 4.71. The number of carbonyl (C=O) groups is 1. The number of hydrogen-bond acceptors (Lipinski definition) is 4. The molecule has 0 aliphatic carbocycles. The summed E-state index contributed by atoms with van der Waals surface area (Å²) in [5.41, 5.74) is 3.65. The molecule has 152 valence electrons. The molecule has 2 aromatic heterocycles. The minimum absolute atomic E-state index is 0.0179. The van der Waals surface area contributed by atoms with Gasteiger partial charge in [0.05, 0.1) is 23.5 Å². The van der Waals surface area contributed by atoms with E-state index in [0.717, 1.165) is 16.6 Å². The summed E-state index contributed by atoms with van der Waals surface area (Å²) in [6, 6.07) is 13.9. The molecule has 0 bridgehead atoms. The normalized spacial score (nSPS) is 11.1. The number of amides is 1. The van der Waals surface area contributed by atoms with Crippen molar-refractivity contribution in [2.75, 3.05) is 5.32 Å². The quantitative estimate of drug-likeness (QED) is 0.484. The van der Waals surface area contributed by atoms with E-state index < -0.39 is 0 Å². The van der Waals surface area contributed by atoms with Gasteiger partial charge >= 0.3 is 0 Å². The standard InChI is InChI=1S/C23H21FN4O2/c1-13(2)30-21-10-8-16(12-25-21)26-23(29)22-18-11-15(7-9-20(18)27-28-22)17-5-4-6-19(24)14(17)3/h4-13H,1-3H3,(H,26,29)(H,27,28). The van der Waals surface area contributed by atoms with Gasteiger partial charge in [0.15, 0.2) is 5.69 Å². The second-order valence-corrected chi connectivity index (χ2v) is 7.25. The zero-order valence-corrected chi connectivity index (χ0v) is 16.9. The van der Waals surface area contributed by atoms with Gasteiger partial charge in [-0.3, -0.25) is 9.89 Å². The van der Waals surface area contributed by atoms with Crippen LogP contribution in [0.15, 0.2) is 54.7 Å². The SMILES string of the molecule is Cc1c(F)cccc1-c1ccc2[nH]nc(C(=O)Nc3ccc(OC(C)C)nc3)c2c1. The molecule has 0 fully saturated rings. The Balaban J connectivity index is 1.62. The number of H-pyrrole nitrogens is 1. The van der Waals surface area contributed by atoms with Crippen LogP contribution in [0.1, 0.15) is 29.9 Å². The molecule has 2 heterocycles. The first-order valence-electron chi connectivity index (χ1n) is 9.60. The monoisotopic (exact) mass is 404 g/mol. The van der Waals surface area contributed by atoms with E-state index in [-0.39, 0.29) is 23.5 Å². The van der Waals surface area contributed by atoms with E-state index in [1.807, 2.05) is 38.1 Å². The summed E-state index contributed by atoms with van der Waals surface area (Å²) in [7, 11) is 0. The Morgan fingerprint density at radius 1 is 1.17 bits per heavy atom. The third kappa shape index (κ3) is 3.87. The molecular weight excluding hydrogens is 383 g/mol. The number of aromatic nitrogens is 3. The van der Waals surface area contributed by atoms with Crippen LogP contribution in [-0.2, 0) is 0 Å². The maximum absolute atomic E-state index is 14.0. The van der Waals surface area contributed by atoms with Crippen molar-refractivity contribution >= 4 is 22.5 Å². The fourth-order valence-corrected chi connectivity index (χ4v) is 3.23. The number of anilines is 1. The van der Waals surface area contributed by atoms with Crippen molar-refractivity contribution in [2.45, 2.75) is 26.9 Å². The number of halogens is 1. The molecule has 4 rings (SSSR count). The number of nitrogens with zero attached hydrogens (tertiary/aromatic N) is 2. The molecule has 0 saturated carbocycles. The first-order valence-corrected chi connectivity index (χ1v) is 9.60. The van der Waals surface area contributed by atoms with Crippen molar-refractivity contribution in [3.8, 4) is 17.0 Å². The Morgan fingerprint density at radius 2 is 2.00 bits per heavy atom. The highest BCUT2D eigenvalue weighted by atomic mass is 19.1. The molecule has 6 nitrogen and oxygen atoms in total. The van der Waals surface area contributed by atoms with Gasteiger partial charge in [-0.1, -0.05) is 18.2 Å². The summed E-state index contributed by atoms with van der Waals surface area (Å²) in [6.07, 6.45) is 1.55. The van der Waals surface area contributed by atoms with Crippen molar-refractivity contribution in [3.05, 3.63) is 71.8 Å². The van der Waals surface area contributed by atoms with Crippen LogP contribution in [0.3, 0.4) is 0 Å². The van der Waals surface area contributed by atoms with Crippen molar-refractivity contribution in [1.29, 1.82) is 0 Å². The van der Waals surface area contributed by atoms with Gasteiger partial charge in [0.25, 0.3) is 5.91 Å². The second-order valence-electron chi connectivity index (χ2n) is 7.25. The van der Waals surface area contributed by atoms with Crippen molar-refractivity contribution < 1.29 is 13.9 Å². The molecule has 7 heteroatoms. The molecule has 0 saturated heterocycles. The highest BCUT2D eigenvalue weighted by molar-refractivity contribution is 6.11. The molecule has 0 spiro atoms. The molecule has 4 aromatic rings. The predicted octanol–water partition coefficient (Wildman–Crippen LogP) is 5.11. The zero-order chi connectivity index (χ0) is 21.3. The molecule has 30 heavy (non-hydrogen) atoms. The average Bonchev–Trinajstić information content (AvgIpc) is 3.14. The number of ether oxygens (including phenoxy) is 1. The Labute approximate surface area is 173 Å². The summed E-state index contributed by atoms with van der Waals surface area (Å²) >= 11 is 0. The fraction of sp³-hybridized carbons (Fsp3) is 0.174. The highest BCUT2D eigenvalue weighted by Crippen LogP contribution is 2.29. The van der Waals surface area contributed by atoms with Gasteiger partial charge in [-0.25, -0.2) is 9.37 Å². The molecule has 2 N–H and O–H groups in total. The molecule has 0 atom stereocenters. The van der Waals surface area contributed by atoms with Crippen molar-refractivity contribution in [2.24, 2.45) is 0 Å². The lowest BCUT2D eigenvalue weighted by Crippen LogP contribution is -2.13. The predicted molar refractivity (Wildman–Crippen MR) is 114 cm³/mol.